The second-order valence-corrected chi connectivity index (χ2v) is 4.85. The van der Waals surface area contributed by atoms with Crippen LogP contribution in [-0.2, 0) is 4.79 Å². The molecule has 7 nitrogen and oxygen atoms in total. The van der Waals surface area contributed by atoms with Gasteiger partial charge in [-0.1, -0.05) is 0 Å². The van der Waals surface area contributed by atoms with E-state index in [1.54, 1.807) is 11.0 Å². The molecule has 2 rings (SSSR count). The Bertz CT molecular complexity index is 527. The minimum absolute atomic E-state index is 0.0111. The first-order valence-electron chi connectivity index (χ1n) is 7.04. The molecule has 7 heteroatoms. The molecule has 0 unspecified atom stereocenters. The Morgan fingerprint density at radius 3 is 2.71 bits per heavy atom. The summed E-state index contributed by atoms with van der Waals surface area (Å²) >= 11 is 0. The van der Waals surface area contributed by atoms with Crippen LogP contribution in [-0.4, -0.2) is 42.0 Å². The molecular weight excluding hydrogens is 274 g/mol. The number of non-ortho nitro benzene ring substituents is 1. The second kappa shape index (κ2) is 6.92. The number of hydrogen-bond acceptors (Lipinski definition) is 5. The van der Waals surface area contributed by atoms with Gasteiger partial charge in [-0.3, -0.25) is 14.9 Å². The molecular formula is C14H19N3O4. The second-order valence-electron chi connectivity index (χ2n) is 4.85. The van der Waals surface area contributed by atoms with E-state index < -0.39 is 4.92 Å². The van der Waals surface area contributed by atoms with Gasteiger partial charge in [0.2, 0.25) is 5.91 Å². The van der Waals surface area contributed by atoms with Gasteiger partial charge in [-0.05, 0) is 19.8 Å². The quantitative estimate of drug-likeness (QED) is 0.640. The Labute approximate surface area is 123 Å². The molecule has 114 valence electrons. The van der Waals surface area contributed by atoms with E-state index in [-0.39, 0.29) is 18.1 Å². The summed E-state index contributed by atoms with van der Waals surface area (Å²) in [5.41, 5.74) is 0.456. The number of nitro groups is 1. The van der Waals surface area contributed by atoms with Crippen molar-refractivity contribution in [3.05, 3.63) is 28.3 Å². The zero-order valence-corrected chi connectivity index (χ0v) is 12.0. The van der Waals surface area contributed by atoms with Crippen molar-refractivity contribution in [2.24, 2.45) is 0 Å². The Balaban J connectivity index is 2.03. The summed E-state index contributed by atoms with van der Waals surface area (Å²) in [6.07, 6.45) is 2.08. The standard InChI is InChI=1S/C14H19N3O4/c1-2-21-13-8-11(7-12(9-13)17(19)20)15-10-14(18)16-5-3-4-6-16/h7-9,15H,2-6,10H2,1H3. The van der Waals surface area contributed by atoms with E-state index in [0.717, 1.165) is 25.9 Å². The lowest BCUT2D eigenvalue weighted by Crippen LogP contribution is -2.32. The van der Waals surface area contributed by atoms with Crippen LogP contribution in [0.4, 0.5) is 11.4 Å². The number of benzene rings is 1. The zero-order chi connectivity index (χ0) is 15.2. The molecule has 0 bridgehead atoms. The average molecular weight is 293 g/mol. The molecule has 1 aromatic carbocycles. The summed E-state index contributed by atoms with van der Waals surface area (Å²) in [6.45, 7) is 3.95. The lowest BCUT2D eigenvalue weighted by molar-refractivity contribution is -0.384. The molecule has 1 N–H and O–H groups in total. The van der Waals surface area contributed by atoms with Crippen molar-refractivity contribution in [2.45, 2.75) is 19.8 Å². The van der Waals surface area contributed by atoms with Crippen LogP contribution in [0.25, 0.3) is 0 Å². The predicted molar refractivity (Wildman–Crippen MR) is 78.6 cm³/mol. The molecule has 1 aliphatic heterocycles. The lowest BCUT2D eigenvalue weighted by Gasteiger charge is -2.16. The van der Waals surface area contributed by atoms with Crippen molar-refractivity contribution in [3.8, 4) is 5.75 Å². The van der Waals surface area contributed by atoms with Gasteiger partial charge in [0.15, 0.2) is 0 Å². The molecule has 1 aromatic rings. The highest BCUT2D eigenvalue weighted by molar-refractivity contribution is 5.81. The van der Waals surface area contributed by atoms with Gasteiger partial charge in [0.05, 0.1) is 24.1 Å². The highest BCUT2D eigenvalue weighted by Crippen LogP contribution is 2.26. The van der Waals surface area contributed by atoms with E-state index in [0.29, 0.717) is 18.0 Å². The molecule has 0 radical (unpaired) electrons. The summed E-state index contributed by atoms with van der Waals surface area (Å²) < 4.78 is 5.30. The Morgan fingerprint density at radius 1 is 1.38 bits per heavy atom. The molecule has 0 aromatic heterocycles. The molecule has 0 aliphatic carbocycles. The Morgan fingerprint density at radius 2 is 2.10 bits per heavy atom. The molecule has 1 saturated heterocycles. The monoisotopic (exact) mass is 293 g/mol. The number of nitrogens with one attached hydrogen (secondary N) is 1. The van der Waals surface area contributed by atoms with Gasteiger partial charge in [-0.15, -0.1) is 0 Å². The van der Waals surface area contributed by atoms with Crippen LogP contribution in [0.1, 0.15) is 19.8 Å². The maximum Gasteiger partial charge on any atom is 0.275 e. The van der Waals surface area contributed by atoms with Crippen molar-refractivity contribution in [2.75, 3.05) is 31.6 Å². The van der Waals surface area contributed by atoms with Crippen LogP contribution in [0, 0.1) is 10.1 Å². The highest BCUT2D eigenvalue weighted by atomic mass is 16.6. The number of anilines is 1. The third kappa shape index (κ3) is 4.08. The number of carbonyl (C=O) groups is 1. The molecule has 21 heavy (non-hydrogen) atoms. The van der Waals surface area contributed by atoms with Crippen molar-refractivity contribution in [1.82, 2.24) is 4.90 Å². The first-order valence-corrected chi connectivity index (χ1v) is 7.04. The fourth-order valence-corrected chi connectivity index (χ4v) is 2.30. The Hall–Kier alpha value is -2.31. The summed E-state index contributed by atoms with van der Waals surface area (Å²) in [4.78, 5) is 24.2. The smallest absolute Gasteiger partial charge is 0.275 e. The first-order chi connectivity index (χ1) is 10.1. The topological polar surface area (TPSA) is 84.7 Å². The van der Waals surface area contributed by atoms with E-state index in [2.05, 4.69) is 5.32 Å². The van der Waals surface area contributed by atoms with Gasteiger partial charge in [-0.2, -0.15) is 0 Å². The lowest BCUT2D eigenvalue weighted by atomic mass is 10.2. The van der Waals surface area contributed by atoms with Crippen LogP contribution in [0.2, 0.25) is 0 Å². The summed E-state index contributed by atoms with van der Waals surface area (Å²) in [5, 5.41) is 13.8. The molecule has 1 aliphatic rings. The third-order valence-corrected chi connectivity index (χ3v) is 3.32. The van der Waals surface area contributed by atoms with Gasteiger partial charge in [0.1, 0.15) is 5.75 Å². The van der Waals surface area contributed by atoms with Gasteiger partial charge in [0, 0.05) is 30.9 Å². The highest BCUT2D eigenvalue weighted by Gasteiger charge is 2.18. The van der Waals surface area contributed by atoms with Crippen LogP contribution in [0.5, 0.6) is 5.75 Å². The zero-order valence-electron chi connectivity index (χ0n) is 12.0. The summed E-state index contributed by atoms with van der Waals surface area (Å²) in [5.74, 6) is 0.430. The molecule has 0 atom stereocenters. The molecule has 0 spiro atoms. The SMILES string of the molecule is CCOc1cc(NCC(=O)N2CCCC2)cc([N+](=O)[O-])c1. The van der Waals surface area contributed by atoms with Crippen molar-refractivity contribution >= 4 is 17.3 Å². The molecule has 1 heterocycles. The van der Waals surface area contributed by atoms with E-state index in [1.807, 2.05) is 6.92 Å². The van der Waals surface area contributed by atoms with Crippen LogP contribution < -0.4 is 10.1 Å². The summed E-state index contributed by atoms with van der Waals surface area (Å²) in [6, 6.07) is 4.44. The summed E-state index contributed by atoms with van der Waals surface area (Å²) in [7, 11) is 0. The average Bonchev–Trinajstić information content (AvgIpc) is 2.99. The van der Waals surface area contributed by atoms with Crippen LogP contribution in [0.15, 0.2) is 18.2 Å². The number of ether oxygens (including phenoxy) is 1. The normalized spacial score (nSPS) is 14.0. The number of carbonyl (C=O) groups excluding carboxylic acids is 1. The number of amides is 1. The first kappa shape index (κ1) is 15.1. The van der Waals surface area contributed by atoms with Crippen molar-refractivity contribution < 1.29 is 14.5 Å². The fourth-order valence-electron chi connectivity index (χ4n) is 2.30. The van der Waals surface area contributed by atoms with E-state index in [9.17, 15) is 14.9 Å². The number of likely N-dealkylation sites (tertiary alicyclic amines) is 1. The van der Waals surface area contributed by atoms with Gasteiger partial charge in [0.25, 0.3) is 5.69 Å². The van der Waals surface area contributed by atoms with E-state index in [4.69, 9.17) is 4.74 Å². The maximum absolute atomic E-state index is 11.9. The van der Waals surface area contributed by atoms with Crippen LogP contribution >= 0.6 is 0 Å². The van der Waals surface area contributed by atoms with Gasteiger partial charge in [-0.25, -0.2) is 0 Å². The number of nitrogens with zero attached hydrogens (tertiary/aromatic N) is 2. The third-order valence-electron chi connectivity index (χ3n) is 3.32. The number of nitro benzene ring substituents is 1. The fraction of sp³-hybridized carbons (Fsp3) is 0.500. The number of hydrogen-bond donors (Lipinski definition) is 1. The Kier molecular flexibility index (Phi) is 4.97. The largest absolute Gasteiger partial charge is 0.494 e. The molecule has 0 saturated carbocycles. The predicted octanol–water partition coefficient (Wildman–Crippen LogP) is 2.03. The molecule has 1 amide bonds. The van der Waals surface area contributed by atoms with Crippen molar-refractivity contribution in [3.63, 3.8) is 0 Å². The maximum atomic E-state index is 11.9. The number of rotatable bonds is 6. The van der Waals surface area contributed by atoms with Crippen LogP contribution in [0.3, 0.4) is 0 Å². The van der Waals surface area contributed by atoms with Crippen molar-refractivity contribution in [1.29, 1.82) is 0 Å². The molecule has 1 fully saturated rings. The van der Waals surface area contributed by atoms with E-state index in [1.165, 1.54) is 12.1 Å². The van der Waals surface area contributed by atoms with Gasteiger partial charge < -0.3 is 15.0 Å². The van der Waals surface area contributed by atoms with E-state index >= 15 is 0 Å². The van der Waals surface area contributed by atoms with Gasteiger partial charge >= 0.3 is 0 Å². The minimum Gasteiger partial charge on any atom is -0.494 e. The minimum atomic E-state index is -0.476.